The van der Waals surface area contributed by atoms with E-state index < -0.39 is 0 Å². The molecule has 1 aromatic heterocycles. The van der Waals surface area contributed by atoms with Crippen molar-refractivity contribution in [2.45, 2.75) is 26.4 Å². The fourth-order valence-corrected chi connectivity index (χ4v) is 3.02. The first kappa shape index (κ1) is 13.7. The van der Waals surface area contributed by atoms with Crippen molar-refractivity contribution in [3.8, 4) is 0 Å². The van der Waals surface area contributed by atoms with Gasteiger partial charge in [0.05, 0.1) is 0 Å². The number of benzene rings is 1. The fraction of sp³-hybridized carbons (Fsp3) is 0.286. The van der Waals surface area contributed by atoms with Gasteiger partial charge in [-0.2, -0.15) is 0 Å². The summed E-state index contributed by atoms with van der Waals surface area (Å²) in [4.78, 5) is 1.30. The van der Waals surface area contributed by atoms with Crippen LogP contribution in [0.25, 0.3) is 0 Å². The SMILES string of the molecule is Cc1ccsc1CNC(C)c1cc(Br)ccc1F. The van der Waals surface area contributed by atoms with Crippen LogP contribution in [0, 0.1) is 12.7 Å². The first-order valence-corrected chi connectivity index (χ1v) is 7.46. The molecule has 1 atom stereocenters. The van der Waals surface area contributed by atoms with E-state index >= 15 is 0 Å². The zero-order valence-corrected chi connectivity index (χ0v) is 12.7. The molecule has 0 radical (unpaired) electrons. The number of halogens is 2. The molecular formula is C14H15BrFNS. The Balaban J connectivity index is 2.06. The van der Waals surface area contributed by atoms with Gasteiger partial charge in [-0.3, -0.25) is 0 Å². The molecule has 18 heavy (non-hydrogen) atoms. The third-order valence-electron chi connectivity index (χ3n) is 2.96. The van der Waals surface area contributed by atoms with Crippen molar-refractivity contribution in [1.29, 1.82) is 0 Å². The summed E-state index contributed by atoms with van der Waals surface area (Å²) in [5.74, 6) is -0.166. The maximum absolute atomic E-state index is 13.7. The van der Waals surface area contributed by atoms with Gasteiger partial charge in [0, 0.05) is 27.5 Å². The summed E-state index contributed by atoms with van der Waals surface area (Å²) < 4.78 is 14.6. The van der Waals surface area contributed by atoms with Crippen molar-refractivity contribution in [2.75, 3.05) is 0 Å². The van der Waals surface area contributed by atoms with Crippen molar-refractivity contribution >= 4 is 27.3 Å². The summed E-state index contributed by atoms with van der Waals surface area (Å²) in [6, 6.07) is 7.13. The van der Waals surface area contributed by atoms with Crippen molar-refractivity contribution in [3.05, 3.63) is 55.9 Å². The molecule has 0 amide bonds. The molecule has 4 heteroatoms. The zero-order valence-electron chi connectivity index (χ0n) is 10.3. The van der Waals surface area contributed by atoms with E-state index in [1.807, 2.05) is 13.0 Å². The van der Waals surface area contributed by atoms with Crippen LogP contribution in [0.2, 0.25) is 0 Å². The molecule has 2 rings (SSSR count). The minimum absolute atomic E-state index is 0.0102. The van der Waals surface area contributed by atoms with Crippen LogP contribution in [0.1, 0.15) is 29.0 Å². The highest BCUT2D eigenvalue weighted by atomic mass is 79.9. The largest absolute Gasteiger partial charge is 0.305 e. The van der Waals surface area contributed by atoms with Crippen molar-refractivity contribution in [3.63, 3.8) is 0 Å². The van der Waals surface area contributed by atoms with Crippen LogP contribution in [-0.4, -0.2) is 0 Å². The van der Waals surface area contributed by atoms with Gasteiger partial charge in [-0.15, -0.1) is 11.3 Å². The van der Waals surface area contributed by atoms with E-state index in [2.05, 4.69) is 39.6 Å². The molecular weight excluding hydrogens is 313 g/mol. The van der Waals surface area contributed by atoms with E-state index in [0.29, 0.717) is 5.56 Å². The van der Waals surface area contributed by atoms with Gasteiger partial charge in [-0.1, -0.05) is 15.9 Å². The number of hydrogen-bond donors (Lipinski definition) is 1. The van der Waals surface area contributed by atoms with E-state index in [4.69, 9.17) is 0 Å². The molecule has 1 nitrogen and oxygen atoms in total. The lowest BCUT2D eigenvalue weighted by molar-refractivity contribution is 0.529. The average molecular weight is 328 g/mol. The third kappa shape index (κ3) is 3.19. The van der Waals surface area contributed by atoms with Crippen molar-refractivity contribution in [2.24, 2.45) is 0 Å². The molecule has 1 heterocycles. The standard InChI is InChI=1S/C14H15BrFNS/c1-9-5-6-18-14(9)8-17-10(2)12-7-11(15)3-4-13(12)16/h3-7,10,17H,8H2,1-2H3. The van der Waals surface area contributed by atoms with Gasteiger partial charge in [0.2, 0.25) is 0 Å². The molecule has 0 saturated heterocycles. The van der Waals surface area contributed by atoms with Gasteiger partial charge in [0.15, 0.2) is 0 Å². The molecule has 0 bridgehead atoms. The van der Waals surface area contributed by atoms with E-state index in [1.165, 1.54) is 16.5 Å². The van der Waals surface area contributed by atoms with Crippen molar-refractivity contribution < 1.29 is 4.39 Å². The van der Waals surface area contributed by atoms with Crippen LogP contribution < -0.4 is 5.32 Å². The molecule has 1 N–H and O–H groups in total. The lowest BCUT2D eigenvalue weighted by Gasteiger charge is -2.15. The highest BCUT2D eigenvalue weighted by Gasteiger charge is 2.11. The molecule has 0 aliphatic carbocycles. The third-order valence-corrected chi connectivity index (χ3v) is 4.48. The van der Waals surface area contributed by atoms with Gasteiger partial charge in [0.1, 0.15) is 5.82 Å². The summed E-state index contributed by atoms with van der Waals surface area (Å²) in [6.07, 6.45) is 0. The maximum atomic E-state index is 13.7. The maximum Gasteiger partial charge on any atom is 0.128 e. The normalized spacial score (nSPS) is 12.7. The fourth-order valence-electron chi connectivity index (χ4n) is 1.79. The molecule has 0 fully saturated rings. The van der Waals surface area contributed by atoms with E-state index in [-0.39, 0.29) is 11.9 Å². The monoisotopic (exact) mass is 327 g/mol. The first-order chi connectivity index (χ1) is 8.58. The van der Waals surface area contributed by atoms with E-state index in [1.54, 1.807) is 17.4 Å². The number of hydrogen-bond acceptors (Lipinski definition) is 2. The topological polar surface area (TPSA) is 12.0 Å². The molecule has 2 aromatic rings. The Hall–Kier alpha value is -0.710. The first-order valence-electron chi connectivity index (χ1n) is 5.79. The van der Waals surface area contributed by atoms with Gasteiger partial charge in [-0.25, -0.2) is 4.39 Å². The summed E-state index contributed by atoms with van der Waals surface area (Å²) in [7, 11) is 0. The van der Waals surface area contributed by atoms with Crippen LogP contribution in [0.15, 0.2) is 34.1 Å². The highest BCUT2D eigenvalue weighted by Crippen LogP contribution is 2.23. The van der Waals surface area contributed by atoms with Crippen LogP contribution in [-0.2, 0) is 6.54 Å². The summed E-state index contributed by atoms with van der Waals surface area (Å²) >= 11 is 5.10. The van der Waals surface area contributed by atoms with Crippen LogP contribution in [0.3, 0.4) is 0 Å². The van der Waals surface area contributed by atoms with Crippen LogP contribution >= 0.6 is 27.3 Å². The molecule has 0 aliphatic rings. The summed E-state index contributed by atoms with van der Waals surface area (Å²) in [5.41, 5.74) is 1.98. The lowest BCUT2D eigenvalue weighted by Crippen LogP contribution is -2.19. The minimum atomic E-state index is -0.166. The summed E-state index contributed by atoms with van der Waals surface area (Å²) in [6.45, 7) is 4.85. The second-order valence-electron chi connectivity index (χ2n) is 4.30. The van der Waals surface area contributed by atoms with Crippen LogP contribution in [0.5, 0.6) is 0 Å². The predicted molar refractivity (Wildman–Crippen MR) is 78.4 cm³/mol. The Kier molecular flexibility index (Phi) is 4.54. The van der Waals surface area contributed by atoms with Crippen LogP contribution in [0.4, 0.5) is 4.39 Å². The molecule has 0 aliphatic heterocycles. The van der Waals surface area contributed by atoms with Gasteiger partial charge < -0.3 is 5.32 Å². The summed E-state index contributed by atoms with van der Waals surface area (Å²) in [5, 5.41) is 5.44. The Labute approximate surface area is 119 Å². The lowest BCUT2D eigenvalue weighted by atomic mass is 10.1. The van der Waals surface area contributed by atoms with Crippen molar-refractivity contribution in [1.82, 2.24) is 5.32 Å². The number of thiophene rings is 1. The second-order valence-corrected chi connectivity index (χ2v) is 6.21. The van der Waals surface area contributed by atoms with E-state index in [0.717, 1.165) is 11.0 Å². The smallest absolute Gasteiger partial charge is 0.128 e. The minimum Gasteiger partial charge on any atom is -0.305 e. The van der Waals surface area contributed by atoms with Gasteiger partial charge in [0.25, 0.3) is 0 Å². The quantitative estimate of drug-likeness (QED) is 0.849. The average Bonchev–Trinajstić information content (AvgIpc) is 2.75. The molecule has 0 spiro atoms. The Morgan fingerprint density at radius 1 is 1.39 bits per heavy atom. The zero-order chi connectivity index (χ0) is 13.1. The highest BCUT2D eigenvalue weighted by molar-refractivity contribution is 9.10. The van der Waals surface area contributed by atoms with Gasteiger partial charge >= 0.3 is 0 Å². The molecule has 1 aromatic carbocycles. The molecule has 96 valence electrons. The Bertz CT molecular complexity index is 538. The second kappa shape index (κ2) is 5.95. The Morgan fingerprint density at radius 3 is 2.83 bits per heavy atom. The number of nitrogens with one attached hydrogen (secondary N) is 1. The van der Waals surface area contributed by atoms with Gasteiger partial charge in [-0.05, 0) is 49.1 Å². The Morgan fingerprint density at radius 2 is 2.17 bits per heavy atom. The molecule has 1 unspecified atom stereocenters. The number of rotatable bonds is 4. The molecule has 0 saturated carbocycles. The predicted octanol–water partition coefficient (Wildman–Crippen LogP) is 4.81. The number of aryl methyl sites for hydroxylation is 1. The van der Waals surface area contributed by atoms with E-state index in [9.17, 15) is 4.39 Å².